The minimum Gasteiger partial charge on any atom is -0.477 e. The summed E-state index contributed by atoms with van der Waals surface area (Å²) in [5, 5.41) is 8.71. The molecule has 0 radical (unpaired) electrons. The maximum atomic E-state index is 13.9. The van der Waals surface area contributed by atoms with E-state index in [2.05, 4.69) is 9.97 Å². The molecule has 0 fully saturated rings. The summed E-state index contributed by atoms with van der Waals surface area (Å²) >= 11 is 0. The molecule has 7 nitrogen and oxygen atoms in total. The zero-order valence-electron chi connectivity index (χ0n) is 10.1. The Morgan fingerprint density at radius 3 is 2.52 bits per heavy atom. The van der Waals surface area contributed by atoms with Gasteiger partial charge in [-0.1, -0.05) is 0 Å². The van der Waals surface area contributed by atoms with Crippen molar-refractivity contribution in [2.45, 2.75) is 4.90 Å². The van der Waals surface area contributed by atoms with Gasteiger partial charge in [-0.3, -0.25) is 9.71 Å². The lowest BCUT2D eigenvalue weighted by Gasteiger charge is -2.09. The number of benzene rings is 1. The smallest absolute Gasteiger partial charge is 0.341 e. The van der Waals surface area contributed by atoms with Crippen LogP contribution in [0, 0.1) is 11.6 Å². The molecule has 2 rings (SSSR count). The normalized spacial score (nSPS) is 11.1. The molecule has 0 unspecified atom stereocenters. The molecule has 110 valence electrons. The SMILES string of the molecule is O=C(O)c1c(F)ccc(S(=O)(=O)Nc2cnccn2)c1F. The molecule has 0 spiro atoms. The topological polar surface area (TPSA) is 109 Å². The van der Waals surface area contributed by atoms with E-state index in [1.54, 1.807) is 0 Å². The van der Waals surface area contributed by atoms with Crippen molar-refractivity contribution < 1.29 is 27.1 Å². The van der Waals surface area contributed by atoms with E-state index in [1.165, 1.54) is 12.4 Å². The summed E-state index contributed by atoms with van der Waals surface area (Å²) < 4.78 is 53.0. The average Bonchev–Trinajstić information content (AvgIpc) is 2.38. The molecule has 21 heavy (non-hydrogen) atoms. The fourth-order valence-corrected chi connectivity index (χ4v) is 2.56. The molecular weight excluding hydrogens is 308 g/mol. The number of aromatic carboxylic acids is 1. The van der Waals surface area contributed by atoms with Crippen LogP contribution in [0.15, 0.2) is 35.6 Å². The minimum absolute atomic E-state index is 0.196. The minimum atomic E-state index is -4.47. The van der Waals surface area contributed by atoms with Crippen molar-refractivity contribution in [3.8, 4) is 0 Å². The third-order valence-corrected chi connectivity index (χ3v) is 3.73. The summed E-state index contributed by atoms with van der Waals surface area (Å²) in [6.45, 7) is 0. The average molecular weight is 315 g/mol. The molecule has 0 aliphatic carbocycles. The van der Waals surface area contributed by atoms with Gasteiger partial charge in [0.25, 0.3) is 10.0 Å². The Labute approximate surface area is 117 Å². The van der Waals surface area contributed by atoms with Gasteiger partial charge in [-0.25, -0.2) is 27.0 Å². The molecule has 0 saturated heterocycles. The highest BCUT2D eigenvalue weighted by molar-refractivity contribution is 7.92. The number of sulfonamides is 1. The molecule has 2 N–H and O–H groups in total. The predicted molar refractivity (Wildman–Crippen MR) is 66.2 cm³/mol. The van der Waals surface area contributed by atoms with Crippen molar-refractivity contribution in [3.05, 3.63) is 47.9 Å². The van der Waals surface area contributed by atoms with Gasteiger partial charge < -0.3 is 5.11 Å². The van der Waals surface area contributed by atoms with Crippen molar-refractivity contribution in [2.75, 3.05) is 4.72 Å². The first kappa shape index (κ1) is 14.8. The van der Waals surface area contributed by atoms with Crippen molar-refractivity contribution in [1.82, 2.24) is 9.97 Å². The molecular formula is C11H7F2N3O4S. The third-order valence-electron chi connectivity index (χ3n) is 2.36. The molecule has 1 aromatic heterocycles. The van der Waals surface area contributed by atoms with Gasteiger partial charge in [0.1, 0.15) is 16.3 Å². The molecule has 0 amide bonds. The number of carboxylic acid groups (broad SMARTS) is 1. The highest BCUT2D eigenvalue weighted by Gasteiger charge is 2.27. The Bertz CT molecular complexity index is 797. The second kappa shape index (κ2) is 5.40. The molecule has 0 atom stereocenters. The van der Waals surface area contributed by atoms with E-state index >= 15 is 0 Å². The monoisotopic (exact) mass is 315 g/mol. The van der Waals surface area contributed by atoms with E-state index in [9.17, 15) is 22.0 Å². The fourth-order valence-electron chi connectivity index (χ4n) is 1.48. The number of anilines is 1. The largest absolute Gasteiger partial charge is 0.477 e. The Morgan fingerprint density at radius 2 is 1.95 bits per heavy atom. The van der Waals surface area contributed by atoms with E-state index in [4.69, 9.17) is 5.11 Å². The van der Waals surface area contributed by atoms with Crippen LogP contribution in [0.3, 0.4) is 0 Å². The van der Waals surface area contributed by atoms with Gasteiger partial charge in [0.2, 0.25) is 0 Å². The van der Waals surface area contributed by atoms with Crippen LogP contribution in [-0.2, 0) is 10.0 Å². The summed E-state index contributed by atoms with van der Waals surface area (Å²) in [5.74, 6) is -5.18. The summed E-state index contributed by atoms with van der Waals surface area (Å²) in [5.41, 5.74) is -1.35. The molecule has 10 heteroatoms. The Hall–Kier alpha value is -2.62. The highest BCUT2D eigenvalue weighted by Crippen LogP contribution is 2.22. The van der Waals surface area contributed by atoms with Gasteiger partial charge in [0.05, 0.1) is 6.20 Å². The molecule has 1 aromatic carbocycles. The van der Waals surface area contributed by atoms with Crippen LogP contribution in [-0.4, -0.2) is 29.5 Å². The molecule has 0 aliphatic rings. The van der Waals surface area contributed by atoms with Crippen molar-refractivity contribution in [1.29, 1.82) is 0 Å². The summed E-state index contributed by atoms with van der Waals surface area (Å²) in [4.78, 5) is 17.0. The van der Waals surface area contributed by atoms with Crippen LogP contribution in [0.1, 0.15) is 10.4 Å². The van der Waals surface area contributed by atoms with Crippen LogP contribution in [0.5, 0.6) is 0 Å². The first-order valence-corrected chi connectivity index (χ1v) is 6.81. The molecule has 0 saturated carbocycles. The van der Waals surface area contributed by atoms with Crippen molar-refractivity contribution >= 4 is 21.8 Å². The maximum absolute atomic E-state index is 13.9. The second-order valence-corrected chi connectivity index (χ2v) is 5.39. The van der Waals surface area contributed by atoms with Crippen LogP contribution < -0.4 is 4.72 Å². The van der Waals surface area contributed by atoms with Gasteiger partial charge in [-0.15, -0.1) is 0 Å². The van der Waals surface area contributed by atoms with E-state index in [-0.39, 0.29) is 5.82 Å². The second-order valence-electron chi connectivity index (χ2n) is 3.74. The first-order valence-electron chi connectivity index (χ1n) is 5.33. The van der Waals surface area contributed by atoms with Gasteiger partial charge in [0, 0.05) is 12.4 Å². The number of hydrogen-bond donors (Lipinski definition) is 2. The van der Waals surface area contributed by atoms with E-state index in [1.807, 2.05) is 4.72 Å². The number of carboxylic acids is 1. The van der Waals surface area contributed by atoms with Gasteiger partial charge in [0.15, 0.2) is 11.6 Å². The Balaban J connectivity index is 2.51. The number of aromatic nitrogens is 2. The zero-order valence-corrected chi connectivity index (χ0v) is 10.9. The Kier molecular flexibility index (Phi) is 3.80. The molecule has 0 bridgehead atoms. The standard InChI is InChI=1S/C11H7F2N3O4S/c12-6-1-2-7(10(13)9(6)11(17)18)21(19,20)16-8-5-14-3-4-15-8/h1-5H,(H,15,16)(H,17,18). The zero-order chi connectivity index (χ0) is 15.6. The lowest BCUT2D eigenvalue weighted by Crippen LogP contribution is -2.18. The van der Waals surface area contributed by atoms with Gasteiger partial charge in [-0.2, -0.15) is 0 Å². The lowest BCUT2D eigenvalue weighted by atomic mass is 10.2. The number of carbonyl (C=O) groups is 1. The van der Waals surface area contributed by atoms with Crippen LogP contribution >= 0.6 is 0 Å². The number of rotatable bonds is 4. The highest BCUT2D eigenvalue weighted by atomic mass is 32.2. The summed E-state index contributed by atoms with van der Waals surface area (Å²) in [6.07, 6.45) is 3.55. The van der Waals surface area contributed by atoms with Crippen LogP contribution in [0.25, 0.3) is 0 Å². The van der Waals surface area contributed by atoms with Gasteiger partial charge in [-0.05, 0) is 12.1 Å². The van der Waals surface area contributed by atoms with Crippen molar-refractivity contribution in [3.63, 3.8) is 0 Å². The lowest BCUT2D eigenvalue weighted by molar-refractivity contribution is 0.0685. The Morgan fingerprint density at radius 1 is 1.24 bits per heavy atom. The molecule has 2 aromatic rings. The molecule has 0 aliphatic heterocycles. The fraction of sp³-hybridized carbons (Fsp3) is 0. The van der Waals surface area contributed by atoms with E-state index in [0.717, 1.165) is 6.20 Å². The number of nitrogens with one attached hydrogen (secondary N) is 1. The van der Waals surface area contributed by atoms with Crippen LogP contribution in [0.2, 0.25) is 0 Å². The van der Waals surface area contributed by atoms with Crippen molar-refractivity contribution in [2.24, 2.45) is 0 Å². The quantitative estimate of drug-likeness (QED) is 0.879. The number of nitrogens with zero attached hydrogens (tertiary/aromatic N) is 2. The van der Waals surface area contributed by atoms with E-state index < -0.39 is 38.1 Å². The maximum Gasteiger partial charge on any atom is 0.341 e. The van der Waals surface area contributed by atoms with Gasteiger partial charge >= 0.3 is 5.97 Å². The summed E-state index contributed by atoms with van der Waals surface area (Å²) in [6, 6.07) is 1.17. The predicted octanol–water partition coefficient (Wildman–Crippen LogP) is 1.25. The van der Waals surface area contributed by atoms with Crippen LogP contribution in [0.4, 0.5) is 14.6 Å². The third kappa shape index (κ3) is 2.94. The summed E-state index contributed by atoms with van der Waals surface area (Å²) in [7, 11) is -4.47. The number of halogens is 2. The van der Waals surface area contributed by atoms with E-state index in [0.29, 0.717) is 12.1 Å². The number of hydrogen-bond acceptors (Lipinski definition) is 5. The molecule has 1 heterocycles. The first-order chi connectivity index (χ1) is 9.83.